The van der Waals surface area contributed by atoms with Crippen molar-refractivity contribution < 1.29 is 61.7 Å². The molecule has 0 atom stereocenters. The van der Waals surface area contributed by atoms with Crippen LogP contribution in [-0.4, -0.2) is 133 Å². The second-order valence-corrected chi connectivity index (χ2v) is 23.6. The highest BCUT2D eigenvalue weighted by Crippen LogP contribution is 2.37. The van der Waals surface area contributed by atoms with E-state index in [1.54, 1.807) is 0 Å². The molecule has 0 aromatic carbocycles. The molecular weight excluding hydrogens is 653 g/mol. The predicted octanol–water partition coefficient (Wildman–Crippen LogP) is 2.72. The number of primary amides is 2. The Morgan fingerprint density at radius 2 is 0.851 bits per heavy atom. The Morgan fingerprint density at radius 1 is 0.511 bits per heavy atom. The van der Waals surface area contributed by atoms with Gasteiger partial charge < -0.3 is 44.0 Å². The van der Waals surface area contributed by atoms with Gasteiger partial charge >= 0.3 is 0 Å². The maximum atomic E-state index is 10.8. The third-order valence-corrected chi connectivity index (χ3v) is 16.9. The minimum atomic E-state index is -1.84. The Bertz CT molecular complexity index is 782. The van der Waals surface area contributed by atoms with E-state index in [-0.39, 0.29) is 42.6 Å². The van der Waals surface area contributed by atoms with Crippen LogP contribution in [0.5, 0.6) is 0 Å². The monoisotopic (exact) mass is 716 g/mol. The number of carbonyl (C=O) groups is 2. The lowest BCUT2D eigenvalue weighted by molar-refractivity contribution is -0.330. The van der Waals surface area contributed by atoms with Gasteiger partial charge in [0.2, 0.25) is 11.8 Å². The quantitative estimate of drug-likeness (QED) is 0.0479. The molecule has 0 aliphatic rings. The molecule has 0 radical (unpaired) electrons. The standard InChI is InChI=1S/C30H64N2O13Si2/c1-29(2,3)46(7,8)44-17-13-36-19-25(20-37-14-18-45-47(9,10)30(4,5)6)38-15-11-35-12-16-39-26(21-40-42-23-27(31)33)22-41-43-24-28(32)34/h25-26H,11-24H2,1-10H3,(H2,31,33)(H2,32,34). The minimum Gasteiger partial charge on any atom is -0.414 e. The molecule has 280 valence electrons. The van der Waals surface area contributed by atoms with Crippen LogP contribution in [0.2, 0.25) is 36.3 Å². The fraction of sp³-hybridized carbons (Fsp3) is 0.933. The number of hydrogen-bond donors (Lipinski definition) is 2. The first kappa shape index (κ1) is 45.9. The van der Waals surface area contributed by atoms with E-state index >= 15 is 0 Å². The normalized spacial score (nSPS) is 13.2. The summed E-state index contributed by atoms with van der Waals surface area (Å²) in [7, 11) is -3.69. The van der Waals surface area contributed by atoms with E-state index in [4.69, 9.17) is 53.8 Å². The molecule has 17 heteroatoms. The largest absolute Gasteiger partial charge is 0.414 e. The van der Waals surface area contributed by atoms with Gasteiger partial charge in [-0.3, -0.25) is 9.59 Å². The van der Waals surface area contributed by atoms with Crippen LogP contribution in [0, 0.1) is 0 Å². The molecule has 0 aromatic rings. The molecule has 0 fully saturated rings. The SMILES string of the molecule is CC(C)(C)[Si](C)(C)OCCOCC(COCCO[Si](C)(C)C(C)(C)C)OCCOCCOC(COOCC(N)=O)COOCC(N)=O. The van der Waals surface area contributed by atoms with E-state index < -0.39 is 47.8 Å². The van der Waals surface area contributed by atoms with Crippen LogP contribution in [-0.2, 0) is 61.7 Å². The minimum absolute atomic E-state index is 0.0974. The van der Waals surface area contributed by atoms with Crippen molar-refractivity contribution in [3.05, 3.63) is 0 Å². The van der Waals surface area contributed by atoms with Gasteiger partial charge in [0.05, 0.1) is 66.1 Å². The van der Waals surface area contributed by atoms with Gasteiger partial charge in [-0.15, -0.1) is 0 Å². The number of ether oxygens (including phenoxy) is 5. The van der Waals surface area contributed by atoms with Crippen molar-refractivity contribution >= 4 is 28.4 Å². The van der Waals surface area contributed by atoms with Crippen LogP contribution in [0.1, 0.15) is 41.5 Å². The Kier molecular flexibility index (Phi) is 23.6. The Hall–Kier alpha value is -1.07. The van der Waals surface area contributed by atoms with Gasteiger partial charge in [-0.05, 0) is 36.3 Å². The van der Waals surface area contributed by atoms with Gasteiger partial charge in [0, 0.05) is 0 Å². The van der Waals surface area contributed by atoms with E-state index in [1.165, 1.54) is 0 Å². The van der Waals surface area contributed by atoms with Gasteiger partial charge in [0.1, 0.15) is 25.4 Å². The zero-order valence-corrected chi connectivity index (χ0v) is 32.5. The molecule has 0 aliphatic carbocycles. The third kappa shape index (κ3) is 23.8. The summed E-state index contributed by atoms with van der Waals surface area (Å²) >= 11 is 0. The summed E-state index contributed by atoms with van der Waals surface area (Å²) in [6.07, 6.45) is -0.953. The summed E-state index contributed by atoms with van der Waals surface area (Å²) in [5.41, 5.74) is 10.0. The van der Waals surface area contributed by atoms with Gasteiger partial charge in [-0.2, -0.15) is 0 Å². The Morgan fingerprint density at radius 3 is 1.19 bits per heavy atom. The summed E-state index contributed by atoms with van der Waals surface area (Å²) in [5, 5.41) is 0.265. The molecule has 2 amide bonds. The summed E-state index contributed by atoms with van der Waals surface area (Å²) in [6, 6.07) is 0. The molecular formula is C30H64N2O13Si2. The number of amides is 2. The van der Waals surface area contributed by atoms with Crippen molar-refractivity contribution in [2.45, 2.75) is 90.0 Å². The summed E-state index contributed by atoms with van der Waals surface area (Å²) < 4.78 is 41.5. The third-order valence-electron chi connectivity index (χ3n) is 7.84. The number of nitrogens with two attached hydrogens (primary N) is 2. The van der Waals surface area contributed by atoms with Crippen LogP contribution in [0.4, 0.5) is 0 Å². The molecule has 4 N–H and O–H groups in total. The molecule has 0 heterocycles. The van der Waals surface area contributed by atoms with E-state index in [2.05, 4.69) is 77.5 Å². The highest BCUT2D eigenvalue weighted by Gasteiger charge is 2.37. The maximum Gasteiger partial charge on any atom is 0.246 e. The highest BCUT2D eigenvalue weighted by atomic mass is 28.4. The van der Waals surface area contributed by atoms with Crippen LogP contribution in [0.25, 0.3) is 0 Å². The van der Waals surface area contributed by atoms with E-state index in [0.717, 1.165) is 0 Å². The van der Waals surface area contributed by atoms with Crippen molar-refractivity contribution in [2.75, 3.05) is 92.5 Å². The molecule has 0 spiro atoms. The first-order valence-electron chi connectivity index (χ1n) is 16.1. The van der Waals surface area contributed by atoms with E-state index in [1.807, 2.05) is 0 Å². The number of hydrogen-bond acceptors (Lipinski definition) is 13. The van der Waals surface area contributed by atoms with Crippen molar-refractivity contribution in [1.29, 1.82) is 0 Å². The molecule has 0 bridgehead atoms. The highest BCUT2D eigenvalue weighted by molar-refractivity contribution is 6.74. The Balaban J connectivity index is 4.63. The molecule has 0 unspecified atom stereocenters. The first-order valence-corrected chi connectivity index (χ1v) is 21.9. The average Bonchev–Trinajstić information content (AvgIpc) is 2.94. The van der Waals surface area contributed by atoms with Gasteiger partial charge in [-0.25, -0.2) is 19.6 Å². The summed E-state index contributed by atoms with van der Waals surface area (Å²) in [5.74, 6) is -1.38. The molecule has 0 saturated carbocycles. The van der Waals surface area contributed by atoms with Crippen molar-refractivity contribution in [3.63, 3.8) is 0 Å². The van der Waals surface area contributed by atoms with Gasteiger partial charge in [0.25, 0.3) is 0 Å². The smallest absolute Gasteiger partial charge is 0.246 e. The van der Waals surface area contributed by atoms with Crippen molar-refractivity contribution in [3.8, 4) is 0 Å². The van der Waals surface area contributed by atoms with Crippen LogP contribution < -0.4 is 11.5 Å². The van der Waals surface area contributed by atoms with Crippen molar-refractivity contribution in [2.24, 2.45) is 11.5 Å². The molecule has 15 nitrogen and oxygen atoms in total. The molecule has 47 heavy (non-hydrogen) atoms. The van der Waals surface area contributed by atoms with Gasteiger partial charge in [-0.1, -0.05) is 41.5 Å². The van der Waals surface area contributed by atoms with Crippen LogP contribution in [0.3, 0.4) is 0 Å². The second-order valence-electron chi connectivity index (χ2n) is 14.0. The fourth-order valence-corrected chi connectivity index (χ4v) is 5.01. The predicted molar refractivity (Wildman–Crippen MR) is 180 cm³/mol. The second kappa shape index (κ2) is 24.1. The first-order chi connectivity index (χ1) is 21.8. The summed E-state index contributed by atoms with van der Waals surface area (Å²) in [4.78, 5) is 40.8. The van der Waals surface area contributed by atoms with Gasteiger partial charge in [0.15, 0.2) is 29.8 Å². The number of rotatable bonds is 30. The fourth-order valence-electron chi connectivity index (χ4n) is 2.96. The average molecular weight is 717 g/mol. The Labute approximate surface area is 283 Å². The number of carbonyl (C=O) groups excluding carboxylic acids is 2. The molecule has 0 aliphatic heterocycles. The van der Waals surface area contributed by atoms with E-state index in [9.17, 15) is 9.59 Å². The molecule has 0 saturated heterocycles. The van der Waals surface area contributed by atoms with Crippen molar-refractivity contribution in [1.82, 2.24) is 0 Å². The maximum absolute atomic E-state index is 10.8. The van der Waals surface area contributed by atoms with Crippen LogP contribution in [0.15, 0.2) is 0 Å². The lowest BCUT2D eigenvalue weighted by Crippen LogP contribution is -2.42. The van der Waals surface area contributed by atoms with E-state index in [0.29, 0.717) is 52.9 Å². The zero-order valence-electron chi connectivity index (χ0n) is 30.5. The van der Waals surface area contributed by atoms with Crippen LogP contribution >= 0.6 is 0 Å². The lowest BCUT2D eigenvalue weighted by Gasteiger charge is -2.36. The molecule has 0 aromatic heterocycles. The topological polar surface area (TPSA) is 188 Å². The zero-order chi connectivity index (χ0) is 36.0. The summed E-state index contributed by atoms with van der Waals surface area (Å²) in [6.45, 7) is 24.8. The molecule has 0 rings (SSSR count). The lowest BCUT2D eigenvalue weighted by atomic mass is 10.2.